The molecule has 0 saturated carbocycles. The number of aliphatic imine (C=N–C) groups is 1. The van der Waals surface area contributed by atoms with Gasteiger partial charge < -0.3 is 15.4 Å². The van der Waals surface area contributed by atoms with Crippen molar-refractivity contribution in [3.63, 3.8) is 0 Å². The van der Waals surface area contributed by atoms with E-state index in [0.29, 0.717) is 23.7 Å². The van der Waals surface area contributed by atoms with Gasteiger partial charge in [0.1, 0.15) is 5.75 Å². The van der Waals surface area contributed by atoms with Crippen molar-refractivity contribution in [3.8, 4) is 11.8 Å². The number of halogens is 1. The topological polar surface area (TPSA) is 69.4 Å². The summed E-state index contributed by atoms with van der Waals surface area (Å²) in [5, 5.41) is 16.2. The Morgan fingerprint density at radius 1 is 1.23 bits per heavy atom. The van der Waals surface area contributed by atoms with E-state index < -0.39 is 0 Å². The molecule has 2 aromatic rings. The van der Waals surface area contributed by atoms with Crippen molar-refractivity contribution in [3.05, 3.63) is 64.2 Å². The first kappa shape index (κ1) is 19.6. The quantitative estimate of drug-likeness (QED) is 0.578. The number of methoxy groups -OCH3 is 1. The number of ether oxygens (including phenoxy) is 1. The second-order valence-electron chi connectivity index (χ2n) is 5.64. The van der Waals surface area contributed by atoms with Crippen LogP contribution in [0.2, 0.25) is 5.02 Å². The molecule has 0 aromatic heterocycles. The second-order valence-corrected chi connectivity index (χ2v) is 6.05. The van der Waals surface area contributed by atoms with Gasteiger partial charge in [0, 0.05) is 18.1 Å². The molecule has 26 heavy (non-hydrogen) atoms. The van der Waals surface area contributed by atoms with Crippen LogP contribution in [0.5, 0.6) is 5.75 Å². The lowest BCUT2D eigenvalue weighted by Crippen LogP contribution is -2.38. The third-order valence-electron chi connectivity index (χ3n) is 3.77. The molecule has 0 aliphatic carbocycles. The highest BCUT2D eigenvalue weighted by atomic mass is 35.5. The summed E-state index contributed by atoms with van der Waals surface area (Å²) in [5.74, 6) is 1.49. The largest absolute Gasteiger partial charge is 0.497 e. The van der Waals surface area contributed by atoms with Crippen molar-refractivity contribution >= 4 is 17.6 Å². The minimum Gasteiger partial charge on any atom is -0.497 e. The Morgan fingerprint density at radius 2 is 2.08 bits per heavy atom. The predicted molar refractivity (Wildman–Crippen MR) is 106 cm³/mol. The highest BCUT2D eigenvalue weighted by Gasteiger charge is 2.04. The Labute approximate surface area is 159 Å². The van der Waals surface area contributed by atoms with Crippen LogP contribution in [0.1, 0.15) is 23.6 Å². The maximum atomic E-state index is 8.97. The van der Waals surface area contributed by atoms with Gasteiger partial charge in [0.05, 0.1) is 25.3 Å². The highest BCUT2D eigenvalue weighted by molar-refractivity contribution is 6.31. The van der Waals surface area contributed by atoms with E-state index >= 15 is 0 Å². The number of rotatable bonds is 7. The van der Waals surface area contributed by atoms with Crippen LogP contribution < -0.4 is 15.4 Å². The fraction of sp³-hybridized carbons (Fsp3) is 0.300. The second kappa shape index (κ2) is 10.3. The fourth-order valence-corrected chi connectivity index (χ4v) is 2.69. The summed E-state index contributed by atoms with van der Waals surface area (Å²) in [6.45, 7) is 4.01. The van der Waals surface area contributed by atoms with Crippen molar-refractivity contribution in [2.45, 2.75) is 19.9 Å². The van der Waals surface area contributed by atoms with Crippen molar-refractivity contribution < 1.29 is 4.74 Å². The van der Waals surface area contributed by atoms with Gasteiger partial charge in [0.25, 0.3) is 0 Å². The molecule has 0 unspecified atom stereocenters. The Bertz CT molecular complexity index is 799. The van der Waals surface area contributed by atoms with Gasteiger partial charge in [-0.15, -0.1) is 0 Å². The number of benzene rings is 2. The van der Waals surface area contributed by atoms with E-state index in [1.807, 2.05) is 43.3 Å². The summed E-state index contributed by atoms with van der Waals surface area (Å²) in [7, 11) is 1.62. The minimum absolute atomic E-state index is 0.508. The molecule has 0 spiro atoms. The number of nitrogens with zero attached hydrogens (tertiary/aromatic N) is 2. The Hall–Kier alpha value is -2.71. The molecule has 0 radical (unpaired) electrons. The third kappa shape index (κ3) is 5.98. The van der Waals surface area contributed by atoms with Crippen LogP contribution in [0.4, 0.5) is 0 Å². The Morgan fingerprint density at radius 3 is 2.77 bits per heavy atom. The lowest BCUT2D eigenvalue weighted by Gasteiger charge is -2.12. The first-order valence-corrected chi connectivity index (χ1v) is 8.87. The molecule has 6 heteroatoms. The minimum atomic E-state index is 0.508. The molecule has 2 rings (SSSR count). The summed E-state index contributed by atoms with van der Waals surface area (Å²) >= 11 is 6.27. The first-order valence-electron chi connectivity index (χ1n) is 8.50. The molecule has 136 valence electrons. The Kier molecular flexibility index (Phi) is 7.78. The lowest BCUT2D eigenvalue weighted by atomic mass is 10.1. The SMILES string of the molecule is CCNC(=NCc1cccc(C#N)c1)NCCc1ccc(OC)cc1Cl. The average molecular weight is 371 g/mol. The average Bonchev–Trinajstić information content (AvgIpc) is 2.67. The molecule has 2 N–H and O–H groups in total. The van der Waals surface area contributed by atoms with E-state index in [0.717, 1.165) is 35.8 Å². The monoisotopic (exact) mass is 370 g/mol. The maximum absolute atomic E-state index is 8.97. The number of hydrogen-bond donors (Lipinski definition) is 2. The highest BCUT2D eigenvalue weighted by Crippen LogP contribution is 2.22. The van der Waals surface area contributed by atoms with Gasteiger partial charge in [-0.25, -0.2) is 4.99 Å². The molecule has 0 aliphatic rings. The molecule has 0 saturated heterocycles. The number of hydrogen-bond acceptors (Lipinski definition) is 3. The van der Waals surface area contributed by atoms with E-state index in [2.05, 4.69) is 21.7 Å². The number of nitriles is 1. The van der Waals surface area contributed by atoms with Crippen LogP contribution in [-0.4, -0.2) is 26.2 Å². The lowest BCUT2D eigenvalue weighted by molar-refractivity contribution is 0.414. The molecular formula is C20H23ClN4O. The van der Waals surface area contributed by atoms with Crippen LogP contribution in [0.25, 0.3) is 0 Å². The van der Waals surface area contributed by atoms with Gasteiger partial charge in [0.2, 0.25) is 0 Å². The van der Waals surface area contributed by atoms with Gasteiger partial charge in [-0.1, -0.05) is 29.8 Å². The van der Waals surface area contributed by atoms with Gasteiger partial charge in [-0.05, 0) is 48.7 Å². The third-order valence-corrected chi connectivity index (χ3v) is 4.12. The predicted octanol–water partition coefficient (Wildman–Crippen LogP) is 3.52. The smallest absolute Gasteiger partial charge is 0.191 e. The molecule has 0 aliphatic heterocycles. The number of guanidine groups is 1. The summed E-state index contributed by atoms with van der Waals surface area (Å²) in [5.41, 5.74) is 2.70. The summed E-state index contributed by atoms with van der Waals surface area (Å²) in [4.78, 5) is 4.57. The molecule has 0 amide bonds. The zero-order chi connectivity index (χ0) is 18.8. The van der Waals surface area contributed by atoms with Crippen LogP contribution in [0.3, 0.4) is 0 Å². The van der Waals surface area contributed by atoms with Crippen molar-refractivity contribution in [2.24, 2.45) is 4.99 Å². The fourth-order valence-electron chi connectivity index (χ4n) is 2.42. The van der Waals surface area contributed by atoms with Crippen LogP contribution in [0, 0.1) is 11.3 Å². The molecule has 0 bridgehead atoms. The van der Waals surface area contributed by atoms with Crippen LogP contribution >= 0.6 is 11.6 Å². The van der Waals surface area contributed by atoms with E-state index in [1.54, 1.807) is 13.2 Å². The van der Waals surface area contributed by atoms with Crippen molar-refractivity contribution in [1.29, 1.82) is 5.26 Å². The van der Waals surface area contributed by atoms with Crippen LogP contribution in [0.15, 0.2) is 47.5 Å². The van der Waals surface area contributed by atoms with Crippen molar-refractivity contribution in [1.82, 2.24) is 10.6 Å². The maximum Gasteiger partial charge on any atom is 0.191 e. The molecule has 2 aromatic carbocycles. The molecule has 0 heterocycles. The number of nitrogens with one attached hydrogen (secondary N) is 2. The van der Waals surface area contributed by atoms with Gasteiger partial charge in [0.15, 0.2) is 5.96 Å². The van der Waals surface area contributed by atoms with E-state index in [9.17, 15) is 0 Å². The van der Waals surface area contributed by atoms with Gasteiger partial charge in [-0.2, -0.15) is 5.26 Å². The van der Waals surface area contributed by atoms with Gasteiger partial charge >= 0.3 is 0 Å². The zero-order valence-electron chi connectivity index (χ0n) is 15.1. The summed E-state index contributed by atoms with van der Waals surface area (Å²) < 4.78 is 5.17. The zero-order valence-corrected chi connectivity index (χ0v) is 15.8. The summed E-state index contributed by atoms with van der Waals surface area (Å²) in [6, 6.07) is 15.3. The molecular weight excluding hydrogens is 348 g/mol. The van der Waals surface area contributed by atoms with E-state index in [4.69, 9.17) is 21.6 Å². The standard InChI is InChI=1S/C20H23ClN4O/c1-3-23-20(25-14-16-6-4-5-15(11-16)13-22)24-10-9-17-7-8-18(26-2)12-19(17)21/h4-8,11-12H,3,9-10,14H2,1-2H3,(H2,23,24,25). The molecule has 0 fully saturated rings. The summed E-state index contributed by atoms with van der Waals surface area (Å²) in [6.07, 6.45) is 0.775. The Balaban J connectivity index is 1.94. The normalized spacial score (nSPS) is 10.9. The molecule has 0 atom stereocenters. The van der Waals surface area contributed by atoms with Crippen LogP contribution in [-0.2, 0) is 13.0 Å². The van der Waals surface area contributed by atoms with E-state index in [-0.39, 0.29) is 0 Å². The van der Waals surface area contributed by atoms with E-state index in [1.165, 1.54) is 0 Å². The molecule has 5 nitrogen and oxygen atoms in total. The van der Waals surface area contributed by atoms with Gasteiger partial charge in [-0.3, -0.25) is 0 Å². The van der Waals surface area contributed by atoms with Crippen molar-refractivity contribution in [2.75, 3.05) is 20.2 Å². The first-order chi connectivity index (χ1) is 12.7.